The van der Waals surface area contributed by atoms with E-state index < -0.39 is 0 Å². The van der Waals surface area contributed by atoms with Crippen LogP contribution in [0.3, 0.4) is 0 Å². The quantitative estimate of drug-likeness (QED) is 0.729. The predicted octanol–water partition coefficient (Wildman–Crippen LogP) is 3.06. The molecule has 0 N–H and O–H groups in total. The predicted molar refractivity (Wildman–Crippen MR) is 97.6 cm³/mol. The van der Waals surface area contributed by atoms with Crippen molar-refractivity contribution in [2.45, 2.75) is 26.3 Å². The molecule has 0 saturated carbocycles. The third-order valence-electron chi connectivity index (χ3n) is 4.80. The zero-order valence-corrected chi connectivity index (χ0v) is 14.7. The van der Waals surface area contributed by atoms with Crippen molar-refractivity contribution in [3.63, 3.8) is 0 Å². The van der Waals surface area contributed by atoms with Crippen LogP contribution in [0.25, 0.3) is 10.9 Å². The minimum absolute atomic E-state index is 0.374. The number of piperazine rings is 1. The van der Waals surface area contributed by atoms with Gasteiger partial charge in [-0.3, -0.25) is 4.90 Å². The summed E-state index contributed by atoms with van der Waals surface area (Å²) in [5, 5.41) is 1.09. The van der Waals surface area contributed by atoms with Crippen molar-refractivity contribution in [2.75, 3.05) is 31.1 Å². The zero-order valence-electron chi connectivity index (χ0n) is 14.7. The second kappa shape index (κ2) is 6.80. The average molecular weight is 337 g/mol. The molecule has 0 aliphatic carbocycles. The smallest absolute Gasteiger partial charge is 0.181 e. The van der Waals surface area contributed by atoms with Gasteiger partial charge in [0.2, 0.25) is 0 Å². The summed E-state index contributed by atoms with van der Waals surface area (Å²) in [5.41, 5.74) is 3.31. The van der Waals surface area contributed by atoms with Crippen LogP contribution in [0, 0.1) is 0 Å². The van der Waals surface area contributed by atoms with Crippen LogP contribution in [-0.4, -0.2) is 46.0 Å². The number of fused-ring (bicyclic) bond motifs is 1. The number of nitrogens with zero attached hydrogens (tertiary/aromatic N) is 5. The summed E-state index contributed by atoms with van der Waals surface area (Å²) >= 11 is 0. The molecule has 6 heteroatoms. The molecule has 130 valence electrons. The maximum absolute atomic E-state index is 5.54. The Hall–Kier alpha value is -2.47. The highest BCUT2D eigenvalue weighted by atomic mass is 16.3. The highest BCUT2D eigenvalue weighted by Crippen LogP contribution is 2.23. The molecule has 1 saturated heterocycles. The largest absolute Gasteiger partial charge is 0.448 e. The van der Waals surface area contributed by atoms with Gasteiger partial charge in [-0.15, -0.1) is 0 Å². The minimum Gasteiger partial charge on any atom is -0.448 e. The topological polar surface area (TPSA) is 58.3 Å². The molecule has 4 rings (SSSR count). The van der Waals surface area contributed by atoms with Gasteiger partial charge in [-0.25, -0.2) is 15.0 Å². The molecular weight excluding hydrogens is 314 g/mol. The molecular formula is C19H23N5O. The lowest BCUT2D eigenvalue weighted by atomic mass is 10.1. The summed E-state index contributed by atoms with van der Waals surface area (Å²) in [6.45, 7) is 9.21. The van der Waals surface area contributed by atoms with Crippen molar-refractivity contribution >= 4 is 16.6 Å². The second-order valence-corrected chi connectivity index (χ2v) is 6.85. The van der Waals surface area contributed by atoms with Crippen molar-refractivity contribution in [1.29, 1.82) is 0 Å². The van der Waals surface area contributed by atoms with Gasteiger partial charge in [0.15, 0.2) is 6.39 Å². The summed E-state index contributed by atoms with van der Waals surface area (Å²) in [5.74, 6) is 1.38. The van der Waals surface area contributed by atoms with E-state index in [0.717, 1.165) is 55.1 Å². The number of anilines is 1. The van der Waals surface area contributed by atoms with E-state index in [1.807, 2.05) is 6.20 Å². The Morgan fingerprint density at radius 1 is 1.12 bits per heavy atom. The molecule has 1 aliphatic heterocycles. The van der Waals surface area contributed by atoms with Gasteiger partial charge in [-0.1, -0.05) is 13.8 Å². The van der Waals surface area contributed by atoms with Gasteiger partial charge < -0.3 is 9.32 Å². The summed E-state index contributed by atoms with van der Waals surface area (Å²) in [6.07, 6.45) is 5.04. The van der Waals surface area contributed by atoms with E-state index in [1.165, 1.54) is 5.69 Å². The Kier molecular flexibility index (Phi) is 4.36. The fourth-order valence-electron chi connectivity index (χ4n) is 3.41. The van der Waals surface area contributed by atoms with E-state index >= 15 is 0 Å². The van der Waals surface area contributed by atoms with E-state index in [4.69, 9.17) is 4.42 Å². The van der Waals surface area contributed by atoms with Crippen molar-refractivity contribution in [3.8, 4) is 0 Å². The first-order valence-corrected chi connectivity index (χ1v) is 8.80. The Balaban J connectivity index is 1.41. The summed E-state index contributed by atoms with van der Waals surface area (Å²) in [6, 6.07) is 6.40. The Bertz CT molecular complexity index is 852. The van der Waals surface area contributed by atoms with Crippen LogP contribution < -0.4 is 4.90 Å². The van der Waals surface area contributed by atoms with Crippen LogP contribution in [0.2, 0.25) is 0 Å². The van der Waals surface area contributed by atoms with Crippen molar-refractivity contribution in [3.05, 3.63) is 48.6 Å². The van der Waals surface area contributed by atoms with Crippen LogP contribution in [0.15, 0.2) is 41.5 Å². The van der Waals surface area contributed by atoms with Gasteiger partial charge in [-0.05, 0) is 18.2 Å². The van der Waals surface area contributed by atoms with Crippen LogP contribution in [0.5, 0.6) is 0 Å². The number of hydrogen-bond donors (Lipinski definition) is 0. The summed E-state index contributed by atoms with van der Waals surface area (Å²) in [7, 11) is 0. The van der Waals surface area contributed by atoms with E-state index in [2.05, 4.69) is 56.8 Å². The number of rotatable bonds is 4. The lowest BCUT2D eigenvalue weighted by molar-refractivity contribution is 0.245. The first kappa shape index (κ1) is 16.0. The maximum Gasteiger partial charge on any atom is 0.181 e. The molecule has 3 heterocycles. The average Bonchev–Trinajstić information content (AvgIpc) is 3.10. The van der Waals surface area contributed by atoms with Crippen LogP contribution in [-0.2, 0) is 6.54 Å². The monoisotopic (exact) mass is 337 g/mol. The lowest BCUT2D eigenvalue weighted by Gasteiger charge is -2.36. The highest BCUT2D eigenvalue weighted by molar-refractivity contribution is 5.81. The Labute approximate surface area is 147 Å². The molecule has 0 unspecified atom stereocenters. The summed E-state index contributed by atoms with van der Waals surface area (Å²) < 4.78 is 5.54. The van der Waals surface area contributed by atoms with Gasteiger partial charge in [0.1, 0.15) is 12.1 Å². The first-order valence-electron chi connectivity index (χ1n) is 8.80. The number of benzene rings is 1. The molecule has 0 amide bonds. The molecule has 0 spiro atoms. The molecule has 1 aromatic carbocycles. The van der Waals surface area contributed by atoms with Crippen LogP contribution in [0.1, 0.15) is 31.2 Å². The van der Waals surface area contributed by atoms with Gasteiger partial charge in [-0.2, -0.15) is 0 Å². The molecule has 25 heavy (non-hydrogen) atoms. The lowest BCUT2D eigenvalue weighted by Crippen LogP contribution is -2.46. The number of aromatic nitrogens is 3. The first-order chi connectivity index (χ1) is 12.2. The third kappa shape index (κ3) is 3.35. The van der Waals surface area contributed by atoms with Gasteiger partial charge >= 0.3 is 0 Å². The van der Waals surface area contributed by atoms with Gasteiger partial charge in [0.05, 0.1) is 11.2 Å². The second-order valence-electron chi connectivity index (χ2n) is 6.85. The molecule has 1 fully saturated rings. The third-order valence-corrected chi connectivity index (χ3v) is 4.80. The normalized spacial score (nSPS) is 16.0. The fraction of sp³-hybridized carbons (Fsp3) is 0.421. The SMILES string of the molecule is CC(C)c1ocnc1CN1CCN(c2ccc3ncncc3c2)CC1. The molecule has 0 radical (unpaired) electrons. The van der Waals surface area contributed by atoms with E-state index in [9.17, 15) is 0 Å². The number of oxazole rings is 1. The standard InChI is InChI=1S/C19H23N5O/c1-14(2)19-18(22-13-25-19)11-23-5-7-24(8-6-23)16-3-4-17-15(9-16)10-20-12-21-17/h3-4,9-10,12-14H,5-8,11H2,1-2H3. The van der Waals surface area contributed by atoms with Crippen LogP contribution in [0.4, 0.5) is 5.69 Å². The molecule has 0 bridgehead atoms. The highest BCUT2D eigenvalue weighted by Gasteiger charge is 2.21. The molecule has 3 aromatic rings. The van der Waals surface area contributed by atoms with Crippen molar-refractivity contribution in [2.24, 2.45) is 0 Å². The Morgan fingerprint density at radius 3 is 2.76 bits per heavy atom. The molecule has 2 aromatic heterocycles. The van der Waals surface area contributed by atoms with Crippen molar-refractivity contribution < 1.29 is 4.42 Å². The number of hydrogen-bond acceptors (Lipinski definition) is 6. The van der Waals surface area contributed by atoms with Gasteiger partial charge in [0.25, 0.3) is 0 Å². The zero-order chi connectivity index (χ0) is 17.2. The molecule has 1 aliphatic rings. The van der Waals surface area contributed by atoms with Crippen molar-refractivity contribution in [1.82, 2.24) is 19.9 Å². The van der Waals surface area contributed by atoms with Crippen LogP contribution >= 0.6 is 0 Å². The minimum atomic E-state index is 0.374. The Morgan fingerprint density at radius 2 is 1.96 bits per heavy atom. The van der Waals surface area contributed by atoms with E-state index in [1.54, 1.807) is 12.7 Å². The molecule has 6 nitrogen and oxygen atoms in total. The maximum atomic E-state index is 5.54. The summed E-state index contributed by atoms with van der Waals surface area (Å²) in [4.78, 5) is 17.7. The molecule has 0 atom stereocenters. The van der Waals surface area contributed by atoms with Gasteiger partial charge in [0, 0.05) is 55.9 Å². The van der Waals surface area contributed by atoms with E-state index in [-0.39, 0.29) is 0 Å². The fourth-order valence-corrected chi connectivity index (χ4v) is 3.41. The van der Waals surface area contributed by atoms with E-state index in [0.29, 0.717) is 5.92 Å².